The van der Waals surface area contributed by atoms with Crippen molar-refractivity contribution in [2.24, 2.45) is 0 Å². The average Bonchev–Trinajstić information content (AvgIpc) is 3.02. The first kappa shape index (κ1) is 14.0. The van der Waals surface area contributed by atoms with E-state index in [1.54, 1.807) is 12.1 Å². The standard InChI is InChI=1S/C15H17N3O3S/c19-15(9-1-3-11-12(7-9)18-22-17-11)16-10-2-4-13-14(8-10)21-6-5-20-13/h1,3,7,10,13-14H,2,4-6,8H2,(H,16,19)/t10-,13+,14+/m1/s1. The summed E-state index contributed by atoms with van der Waals surface area (Å²) < 4.78 is 19.8. The van der Waals surface area contributed by atoms with Gasteiger partial charge in [0.25, 0.3) is 5.91 Å². The van der Waals surface area contributed by atoms with E-state index >= 15 is 0 Å². The quantitative estimate of drug-likeness (QED) is 0.913. The zero-order chi connectivity index (χ0) is 14.9. The van der Waals surface area contributed by atoms with Gasteiger partial charge >= 0.3 is 0 Å². The Kier molecular flexibility index (Phi) is 3.77. The van der Waals surface area contributed by atoms with Gasteiger partial charge in [-0.15, -0.1) is 0 Å². The van der Waals surface area contributed by atoms with Crippen molar-refractivity contribution < 1.29 is 14.3 Å². The molecule has 2 heterocycles. The van der Waals surface area contributed by atoms with Crippen LogP contribution in [0.4, 0.5) is 0 Å². The molecule has 1 amide bonds. The summed E-state index contributed by atoms with van der Waals surface area (Å²) in [5, 5.41) is 3.11. The zero-order valence-electron chi connectivity index (χ0n) is 12.0. The molecule has 1 saturated heterocycles. The summed E-state index contributed by atoms with van der Waals surface area (Å²) in [5.41, 5.74) is 2.23. The lowest BCUT2D eigenvalue weighted by Gasteiger charge is -2.39. The summed E-state index contributed by atoms with van der Waals surface area (Å²) in [5.74, 6) is -0.0601. The fourth-order valence-electron chi connectivity index (χ4n) is 3.19. The Morgan fingerprint density at radius 1 is 1.14 bits per heavy atom. The van der Waals surface area contributed by atoms with Crippen LogP contribution in [-0.2, 0) is 9.47 Å². The largest absolute Gasteiger partial charge is 0.373 e. The van der Waals surface area contributed by atoms with Gasteiger partial charge in [-0.2, -0.15) is 8.75 Å². The summed E-state index contributed by atoms with van der Waals surface area (Å²) in [7, 11) is 0. The number of hydrogen-bond donors (Lipinski definition) is 1. The molecule has 0 unspecified atom stereocenters. The van der Waals surface area contributed by atoms with Gasteiger partial charge in [-0.1, -0.05) is 0 Å². The van der Waals surface area contributed by atoms with Gasteiger partial charge in [-0.3, -0.25) is 4.79 Å². The third-order valence-electron chi connectivity index (χ3n) is 4.33. The van der Waals surface area contributed by atoms with Gasteiger partial charge in [-0.25, -0.2) is 0 Å². The van der Waals surface area contributed by atoms with Crippen molar-refractivity contribution in [3.63, 3.8) is 0 Å². The number of benzene rings is 1. The highest BCUT2D eigenvalue weighted by molar-refractivity contribution is 7.00. The van der Waals surface area contributed by atoms with Crippen molar-refractivity contribution in [2.75, 3.05) is 13.2 Å². The van der Waals surface area contributed by atoms with Crippen molar-refractivity contribution in [3.05, 3.63) is 23.8 Å². The maximum absolute atomic E-state index is 12.4. The van der Waals surface area contributed by atoms with Crippen LogP contribution in [0.15, 0.2) is 18.2 Å². The topological polar surface area (TPSA) is 73.3 Å². The predicted octanol–water partition coefficient (Wildman–Crippen LogP) is 1.76. The van der Waals surface area contributed by atoms with E-state index in [2.05, 4.69) is 14.1 Å². The molecule has 2 aromatic rings. The van der Waals surface area contributed by atoms with Gasteiger partial charge in [0.15, 0.2) is 0 Å². The van der Waals surface area contributed by atoms with E-state index in [0.29, 0.717) is 18.8 Å². The number of amides is 1. The molecule has 2 fully saturated rings. The lowest BCUT2D eigenvalue weighted by molar-refractivity contribution is -0.157. The van der Waals surface area contributed by atoms with Crippen LogP contribution in [0.3, 0.4) is 0 Å². The van der Waals surface area contributed by atoms with E-state index < -0.39 is 0 Å². The summed E-state index contributed by atoms with van der Waals surface area (Å²) in [6.07, 6.45) is 2.98. The van der Waals surface area contributed by atoms with Crippen LogP contribution in [0.25, 0.3) is 11.0 Å². The van der Waals surface area contributed by atoms with Gasteiger partial charge in [0.1, 0.15) is 11.0 Å². The Hall–Kier alpha value is -1.57. The lowest BCUT2D eigenvalue weighted by Crippen LogP contribution is -2.49. The number of fused-ring (bicyclic) bond motifs is 2. The smallest absolute Gasteiger partial charge is 0.251 e. The van der Waals surface area contributed by atoms with Crippen LogP contribution in [0.2, 0.25) is 0 Å². The molecule has 22 heavy (non-hydrogen) atoms. The summed E-state index contributed by atoms with van der Waals surface area (Å²) in [6, 6.07) is 5.56. The Balaban J connectivity index is 1.43. The first-order chi connectivity index (χ1) is 10.8. The van der Waals surface area contributed by atoms with Crippen molar-refractivity contribution in [3.8, 4) is 0 Å². The average molecular weight is 319 g/mol. The van der Waals surface area contributed by atoms with Crippen molar-refractivity contribution in [2.45, 2.75) is 37.5 Å². The molecule has 116 valence electrons. The zero-order valence-corrected chi connectivity index (χ0v) is 12.8. The number of aromatic nitrogens is 2. The molecule has 2 aliphatic rings. The second-order valence-corrected chi connectivity index (χ2v) is 6.30. The van der Waals surface area contributed by atoms with Crippen molar-refractivity contribution >= 4 is 28.7 Å². The second-order valence-electron chi connectivity index (χ2n) is 5.77. The summed E-state index contributed by atoms with van der Waals surface area (Å²) >= 11 is 1.16. The highest BCUT2D eigenvalue weighted by Gasteiger charge is 2.34. The molecule has 7 heteroatoms. The van der Waals surface area contributed by atoms with E-state index in [0.717, 1.165) is 42.0 Å². The molecule has 1 aliphatic heterocycles. The number of ether oxygens (including phenoxy) is 2. The summed E-state index contributed by atoms with van der Waals surface area (Å²) in [4.78, 5) is 12.4. The van der Waals surface area contributed by atoms with E-state index in [9.17, 15) is 4.79 Å². The van der Waals surface area contributed by atoms with Crippen LogP contribution in [0, 0.1) is 0 Å². The third-order valence-corrected chi connectivity index (χ3v) is 4.89. The maximum atomic E-state index is 12.4. The minimum absolute atomic E-state index is 0.0601. The van der Waals surface area contributed by atoms with E-state index in [1.165, 1.54) is 0 Å². The van der Waals surface area contributed by atoms with E-state index in [-0.39, 0.29) is 24.2 Å². The molecule has 1 aromatic heterocycles. The number of rotatable bonds is 2. The molecule has 1 N–H and O–H groups in total. The van der Waals surface area contributed by atoms with Crippen LogP contribution >= 0.6 is 11.7 Å². The monoisotopic (exact) mass is 319 g/mol. The fraction of sp³-hybridized carbons (Fsp3) is 0.533. The molecular formula is C15H17N3O3S. The molecule has 1 aliphatic carbocycles. The Morgan fingerprint density at radius 2 is 1.95 bits per heavy atom. The minimum atomic E-state index is -0.0601. The molecule has 6 nitrogen and oxygen atoms in total. The van der Waals surface area contributed by atoms with Gasteiger partial charge < -0.3 is 14.8 Å². The summed E-state index contributed by atoms with van der Waals surface area (Å²) in [6.45, 7) is 1.33. The molecule has 3 atom stereocenters. The molecule has 1 aromatic carbocycles. The van der Waals surface area contributed by atoms with E-state index in [4.69, 9.17) is 9.47 Å². The van der Waals surface area contributed by atoms with Crippen LogP contribution < -0.4 is 5.32 Å². The first-order valence-electron chi connectivity index (χ1n) is 7.56. The van der Waals surface area contributed by atoms with Gasteiger partial charge in [0.05, 0.1) is 37.1 Å². The molecular weight excluding hydrogens is 302 g/mol. The lowest BCUT2D eigenvalue weighted by atomic mass is 9.89. The van der Waals surface area contributed by atoms with Gasteiger partial charge in [0.2, 0.25) is 0 Å². The molecule has 0 bridgehead atoms. The number of carbonyl (C=O) groups is 1. The highest BCUT2D eigenvalue weighted by Crippen LogP contribution is 2.27. The Labute approximate surface area is 132 Å². The van der Waals surface area contributed by atoms with Crippen molar-refractivity contribution in [1.29, 1.82) is 0 Å². The van der Waals surface area contributed by atoms with Gasteiger partial charge in [0, 0.05) is 11.6 Å². The van der Waals surface area contributed by atoms with Crippen LogP contribution in [0.1, 0.15) is 29.6 Å². The molecule has 1 saturated carbocycles. The number of nitrogens with one attached hydrogen (secondary N) is 1. The maximum Gasteiger partial charge on any atom is 0.251 e. The Bertz CT molecular complexity index is 689. The number of carbonyl (C=O) groups excluding carboxylic acids is 1. The predicted molar refractivity (Wildman–Crippen MR) is 82.0 cm³/mol. The number of nitrogens with zero attached hydrogens (tertiary/aromatic N) is 2. The Morgan fingerprint density at radius 3 is 2.86 bits per heavy atom. The minimum Gasteiger partial charge on any atom is -0.373 e. The fourth-order valence-corrected chi connectivity index (χ4v) is 3.71. The highest BCUT2D eigenvalue weighted by atomic mass is 32.1. The third kappa shape index (κ3) is 2.71. The SMILES string of the molecule is O=C(N[C@@H]1CC[C@@H]2OCCO[C@H]2C1)c1ccc2nsnc2c1. The second kappa shape index (κ2) is 5.91. The van der Waals surface area contributed by atoms with E-state index in [1.807, 2.05) is 6.07 Å². The van der Waals surface area contributed by atoms with Gasteiger partial charge in [-0.05, 0) is 37.5 Å². The molecule has 0 spiro atoms. The molecule has 0 radical (unpaired) electrons. The van der Waals surface area contributed by atoms with Crippen LogP contribution in [-0.4, -0.2) is 46.1 Å². The normalized spacial score (nSPS) is 28.3. The molecule has 4 rings (SSSR count). The first-order valence-corrected chi connectivity index (χ1v) is 8.29. The number of hydrogen-bond acceptors (Lipinski definition) is 6. The van der Waals surface area contributed by atoms with Crippen LogP contribution in [0.5, 0.6) is 0 Å². The van der Waals surface area contributed by atoms with Crippen molar-refractivity contribution in [1.82, 2.24) is 14.1 Å².